The fraction of sp³-hybridized carbons (Fsp3) is 0. The van der Waals surface area contributed by atoms with Crippen molar-refractivity contribution >= 4 is 60.7 Å². The first-order valence-electron chi connectivity index (χ1n) is 17.6. The fourth-order valence-electron chi connectivity index (χ4n) is 7.59. The maximum atomic E-state index is 6.33. The van der Waals surface area contributed by atoms with Gasteiger partial charge in [0, 0.05) is 34.2 Å². The topological polar surface area (TPSA) is 29.3 Å². The first kappa shape index (κ1) is 29.9. The molecule has 0 amide bonds. The number of rotatable bonds is 6. The molecule has 10 rings (SSSR count). The maximum absolute atomic E-state index is 6.33. The lowest BCUT2D eigenvalue weighted by molar-refractivity contribution is 0.669. The molecule has 8 aromatic carbocycles. The summed E-state index contributed by atoms with van der Waals surface area (Å²) in [4.78, 5) is 6.99. The Morgan fingerprint density at radius 3 is 1.60 bits per heavy atom. The van der Waals surface area contributed by atoms with E-state index in [1.54, 1.807) is 0 Å². The summed E-state index contributed by atoms with van der Waals surface area (Å²) in [6, 6.07) is 66.9. The van der Waals surface area contributed by atoms with Gasteiger partial charge in [-0.1, -0.05) is 127 Å². The van der Waals surface area contributed by atoms with Crippen LogP contribution in [0.3, 0.4) is 0 Å². The van der Waals surface area contributed by atoms with Gasteiger partial charge in [-0.15, -0.1) is 0 Å². The molecule has 244 valence electrons. The predicted octanol–water partition coefficient (Wildman–Crippen LogP) is 13.8. The van der Waals surface area contributed by atoms with E-state index in [-0.39, 0.29) is 0 Å². The van der Waals surface area contributed by atoms with Crippen LogP contribution in [0, 0.1) is 0 Å². The van der Waals surface area contributed by atoms with Crippen molar-refractivity contribution in [1.82, 2.24) is 4.98 Å². The van der Waals surface area contributed by atoms with Crippen LogP contribution in [-0.2, 0) is 0 Å². The number of fused-ring (bicyclic) bond motifs is 6. The van der Waals surface area contributed by atoms with E-state index in [0.29, 0.717) is 0 Å². The van der Waals surface area contributed by atoms with Gasteiger partial charge in [-0.2, -0.15) is 0 Å². The largest absolute Gasteiger partial charge is 0.454 e. The third-order valence-electron chi connectivity index (χ3n) is 10.1. The molecular formula is C49H32N2O. The molecule has 3 heteroatoms. The maximum Gasteiger partial charge on any atom is 0.161 e. The molecule has 0 atom stereocenters. The molecule has 2 heterocycles. The van der Waals surface area contributed by atoms with Crippen molar-refractivity contribution in [3.05, 3.63) is 194 Å². The van der Waals surface area contributed by atoms with Crippen LogP contribution >= 0.6 is 0 Å². The summed E-state index contributed by atoms with van der Waals surface area (Å²) in [5.74, 6) is 0. The highest BCUT2D eigenvalue weighted by Crippen LogP contribution is 2.41. The van der Waals surface area contributed by atoms with Crippen molar-refractivity contribution in [1.29, 1.82) is 0 Å². The minimum absolute atomic E-state index is 0.807. The summed E-state index contributed by atoms with van der Waals surface area (Å²) in [6.45, 7) is 0. The van der Waals surface area contributed by atoms with Gasteiger partial charge in [0.05, 0.1) is 0 Å². The Hall–Kier alpha value is -6.97. The summed E-state index contributed by atoms with van der Waals surface area (Å²) < 4.78 is 6.33. The van der Waals surface area contributed by atoms with Gasteiger partial charge in [-0.25, -0.2) is 0 Å². The van der Waals surface area contributed by atoms with Crippen LogP contribution in [0.1, 0.15) is 0 Å². The zero-order chi connectivity index (χ0) is 34.4. The smallest absolute Gasteiger partial charge is 0.161 e. The highest BCUT2D eigenvalue weighted by Gasteiger charge is 2.17. The van der Waals surface area contributed by atoms with Crippen molar-refractivity contribution in [3.8, 4) is 33.4 Å². The Morgan fingerprint density at radius 1 is 0.385 bits per heavy atom. The first-order valence-corrected chi connectivity index (χ1v) is 17.6. The number of benzene rings is 8. The average Bonchev–Trinajstić information content (AvgIpc) is 3.61. The minimum Gasteiger partial charge on any atom is -0.454 e. The van der Waals surface area contributed by atoms with Gasteiger partial charge in [0.2, 0.25) is 0 Å². The fourth-order valence-corrected chi connectivity index (χ4v) is 7.59. The van der Waals surface area contributed by atoms with E-state index in [9.17, 15) is 0 Å². The number of furan rings is 1. The lowest BCUT2D eigenvalue weighted by Crippen LogP contribution is -2.09. The summed E-state index contributed by atoms with van der Waals surface area (Å²) in [5.41, 5.74) is 12.7. The Labute approximate surface area is 301 Å². The van der Waals surface area contributed by atoms with Crippen LogP contribution in [0.4, 0.5) is 17.1 Å². The van der Waals surface area contributed by atoms with Gasteiger partial charge in [-0.05, 0) is 110 Å². The summed E-state index contributed by atoms with van der Waals surface area (Å²) in [5, 5.41) is 6.08. The Kier molecular flexibility index (Phi) is 7.14. The normalized spacial score (nSPS) is 11.5. The zero-order valence-electron chi connectivity index (χ0n) is 28.3. The summed E-state index contributed by atoms with van der Waals surface area (Å²) >= 11 is 0. The van der Waals surface area contributed by atoms with Crippen LogP contribution in [-0.4, -0.2) is 4.98 Å². The Morgan fingerprint density at radius 2 is 0.904 bits per heavy atom. The Bertz CT molecular complexity index is 2870. The van der Waals surface area contributed by atoms with Crippen LogP contribution in [0.5, 0.6) is 0 Å². The van der Waals surface area contributed by atoms with E-state index in [1.165, 1.54) is 43.8 Å². The predicted molar refractivity (Wildman–Crippen MR) is 218 cm³/mol. The summed E-state index contributed by atoms with van der Waals surface area (Å²) in [7, 11) is 0. The van der Waals surface area contributed by atoms with Crippen LogP contribution in [0.15, 0.2) is 199 Å². The van der Waals surface area contributed by atoms with Crippen LogP contribution < -0.4 is 4.90 Å². The Balaban J connectivity index is 1.07. The van der Waals surface area contributed by atoms with E-state index in [1.807, 2.05) is 30.5 Å². The number of hydrogen-bond donors (Lipinski definition) is 0. The molecule has 0 spiro atoms. The van der Waals surface area contributed by atoms with E-state index < -0.39 is 0 Å². The molecule has 2 aromatic heterocycles. The first-order chi connectivity index (χ1) is 25.8. The van der Waals surface area contributed by atoms with Crippen LogP contribution in [0.25, 0.3) is 77.0 Å². The standard InChI is InChI=1S/C49H32N2O/c1-2-10-33(11-3-1)34-18-24-38(25-19-34)51(39-26-20-35(21-27-39)42-30-31-50-48-45-16-8-9-17-47(45)52-49(42)48)40-28-22-36(23-29-40)46-32-37-12-4-5-13-41(37)43-14-6-7-15-44(43)46/h1-32H. The molecule has 0 fully saturated rings. The lowest BCUT2D eigenvalue weighted by atomic mass is 9.93. The second-order valence-electron chi connectivity index (χ2n) is 13.2. The molecule has 0 unspecified atom stereocenters. The van der Waals surface area contributed by atoms with Gasteiger partial charge in [0.15, 0.2) is 5.58 Å². The summed E-state index contributed by atoms with van der Waals surface area (Å²) in [6.07, 6.45) is 1.87. The quantitative estimate of drug-likeness (QED) is 0.166. The van der Waals surface area contributed by atoms with E-state index in [2.05, 4.69) is 174 Å². The molecule has 0 aliphatic rings. The lowest BCUT2D eigenvalue weighted by Gasteiger charge is -2.26. The van der Waals surface area contributed by atoms with Crippen molar-refractivity contribution < 1.29 is 4.42 Å². The molecule has 0 aliphatic carbocycles. The molecule has 10 aromatic rings. The van der Waals surface area contributed by atoms with E-state index in [0.717, 1.165) is 50.3 Å². The number of anilines is 3. The number of hydrogen-bond acceptors (Lipinski definition) is 3. The van der Waals surface area contributed by atoms with Gasteiger partial charge >= 0.3 is 0 Å². The molecule has 0 saturated heterocycles. The van der Waals surface area contributed by atoms with Gasteiger partial charge in [0.25, 0.3) is 0 Å². The molecular weight excluding hydrogens is 633 g/mol. The van der Waals surface area contributed by atoms with Crippen molar-refractivity contribution in [2.24, 2.45) is 0 Å². The number of pyridine rings is 1. The van der Waals surface area contributed by atoms with E-state index >= 15 is 0 Å². The number of aromatic nitrogens is 1. The second-order valence-corrected chi connectivity index (χ2v) is 13.2. The monoisotopic (exact) mass is 664 g/mol. The second kappa shape index (κ2) is 12.4. The van der Waals surface area contributed by atoms with Crippen molar-refractivity contribution in [2.75, 3.05) is 4.90 Å². The van der Waals surface area contributed by atoms with Crippen molar-refractivity contribution in [2.45, 2.75) is 0 Å². The molecule has 3 nitrogen and oxygen atoms in total. The third kappa shape index (κ3) is 5.10. The highest BCUT2D eigenvalue weighted by atomic mass is 16.3. The molecule has 52 heavy (non-hydrogen) atoms. The SMILES string of the molecule is c1ccc(-c2ccc(N(c3ccc(-c4cc5ccccc5c5ccccc45)cc3)c3ccc(-c4ccnc5c4oc4ccccc45)cc3)cc2)cc1. The third-order valence-corrected chi connectivity index (χ3v) is 10.1. The van der Waals surface area contributed by atoms with Crippen molar-refractivity contribution in [3.63, 3.8) is 0 Å². The van der Waals surface area contributed by atoms with Gasteiger partial charge < -0.3 is 9.32 Å². The zero-order valence-corrected chi connectivity index (χ0v) is 28.3. The number of nitrogens with zero attached hydrogens (tertiary/aromatic N) is 2. The minimum atomic E-state index is 0.807. The van der Waals surface area contributed by atoms with Gasteiger partial charge in [0.1, 0.15) is 11.1 Å². The average molecular weight is 665 g/mol. The van der Waals surface area contributed by atoms with Crippen LogP contribution in [0.2, 0.25) is 0 Å². The highest BCUT2D eigenvalue weighted by molar-refractivity contribution is 6.14. The van der Waals surface area contributed by atoms with Gasteiger partial charge in [-0.3, -0.25) is 4.98 Å². The molecule has 0 bridgehead atoms. The molecule has 0 N–H and O–H groups in total. The molecule has 0 saturated carbocycles. The number of para-hydroxylation sites is 1. The molecule has 0 radical (unpaired) electrons. The molecule has 0 aliphatic heterocycles. The van der Waals surface area contributed by atoms with E-state index in [4.69, 9.17) is 4.42 Å².